The van der Waals surface area contributed by atoms with Gasteiger partial charge in [0.1, 0.15) is 10.6 Å². The molecule has 0 aromatic carbocycles. The van der Waals surface area contributed by atoms with E-state index < -0.39 is 0 Å². The molecule has 0 atom stereocenters. The number of nitrogens with zero attached hydrogens (tertiary/aromatic N) is 1. The molecule has 0 unspecified atom stereocenters. The topological polar surface area (TPSA) is 59.1 Å². The first-order valence-electron chi connectivity index (χ1n) is 5.69. The van der Waals surface area contributed by atoms with E-state index in [0.29, 0.717) is 17.1 Å². The van der Waals surface area contributed by atoms with Gasteiger partial charge in [0.15, 0.2) is 5.78 Å². The van der Waals surface area contributed by atoms with Crippen LogP contribution < -0.4 is 5.32 Å². The lowest BCUT2D eigenvalue weighted by molar-refractivity contribution is 0.0977. The molecule has 0 aliphatic heterocycles. The van der Waals surface area contributed by atoms with E-state index >= 15 is 0 Å². The van der Waals surface area contributed by atoms with Crippen molar-refractivity contribution in [2.75, 3.05) is 0 Å². The van der Waals surface area contributed by atoms with Crippen molar-refractivity contribution in [1.29, 1.82) is 0 Å². The van der Waals surface area contributed by atoms with Gasteiger partial charge in [0.2, 0.25) is 5.78 Å². The lowest BCUT2D eigenvalue weighted by Gasteiger charge is -2.12. The third kappa shape index (κ3) is 2.24. The maximum atomic E-state index is 12.2. The van der Waals surface area contributed by atoms with Gasteiger partial charge in [-0.25, -0.2) is 4.98 Å². The number of hydrogen-bond acceptors (Lipinski definition) is 6. The summed E-state index contributed by atoms with van der Waals surface area (Å²) in [5.41, 5.74) is 0.611. The minimum Gasteiger partial charge on any atom is -0.377 e. The van der Waals surface area contributed by atoms with E-state index in [9.17, 15) is 9.59 Å². The Morgan fingerprint density at radius 2 is 2.21 bits per heavy atom. The summed E-state index contributed by atoms with van der Waals surface area (Å²) < 4.78 is 0. The van der Waals surface area contributed by atoms with Gasteiger partial charge in [-0.2, -0.15) is 0 Å². The van der Waals surface area contributed by atoms with Crippen LogP contribution in [0, 0.1) is 6.92 Å². The van der Waals surface area contributed by atoms with Gasteiger partial charge >= 0.3 is 0 Å². The molecule has 19 heavy (non-hydrogen) atoms. The van der Waals surface area contributed by atoms with Crippen LogP contribution in [0.2, 0.25) is 0 Å². The van der Waals surface area contributed by atoms with Crippen molar-refractivity contribution in [3.05, 3.63) is 49.7 Å². The molecule has 0 saturated carbocycles. The number of carbonyl (C=O) groups excluding carboxylic acids is 2. The van der Waals surface area contributed by atoms with Crippen LogP contribution >= 0.6 is 22.7 Å². The van der Waals surface area contributed by atoms with Gasteiger partial charge in [-0.3, -0.25) is 9.59 Å². The van der Waals surface area contributed by atoms with Crippen LogP contribution in [0.4, 0.5) is 0 Å². The standard InChI is InChI=1S/C13H10N2O2S2/c1-7-15-11-12(17)9(5-10(16)13(11)19-7)14-6-8-3-2-4-18-8/h2-5,14H,6H2,1H3. The average Bonchev–Trinajstić information content (AvgIpc) is 3.01. The van der Waals surface area contributed by atoms with Crippen LogP contribution in [-0.4, -0.2) is 16.6 Å². The summed E-state index contributed by atoms with van der Waals surface area (Å²) >= 11 is 2.87. The monoisotopic (exact) mass is 290 g/mol. The Kier molecular flexibility index (Phi) is 3.04. The Balaban J connectivity index is 1.83. The fourth-order valence-electron chi connectivity index (χ4n) is 1.86. The van der Waals surface area contributed by atoms with Gasteiger partial charge in [-0.05, 0) is 18.4 Å². The molecule has 0 amide bonds. The van der Waals surface area contributed by atoms with E-state index in [4.69, 9.17) is 0 Å². The van der Waals surface area contributed by atoms with Gasteiger partial charge in [0, 0.05) is 17.5 Å². The van der Waals surface area contributed by atoms with Gasteiger partial charge < -0.3 is 5.32 Å². The molecular formula is C13H10N2O2S2. The Morgan fingerprint density at radius 1 is 1.37 bits per heavy atom. The lowest BCUT2D eigenvalue weighted by Crippen LogP contribution is -2.25. The van der Waals surface area contributed by atoms with E-state index in [1.54, 1.807) is 18.3 Å². The molecule has 0 bridgehead atoms. The second kappa shape index (κ2) is 4.71. The van der Waals surface area contributed by atoms with Crippen molar-refractivity contribution in [2.45, 2.75) is 13.5 Å². The number of allylic oxidation sites excluding steroid dienone is 2. The number of rotatable bonds is 3. The molecule has 3 rings (SSSR count). The Labute approximate surface area is 117 Å². The number of ketones is 2. The Bertz CT molecular complexity index is 684. The maximum Gasteiger partial charge on any atom is 0.228 e. The van der Waals surface area contributed by atoms with Crippen LogP contribution in [0.25, 0.3) is 0 Å². The van der Waals surface area contributed by atoms with Gasteiger partial charge in [0.05, 0.1) is 10.7 Å². The minimum absolute atomic E-state index is 0.145. The highest BCUT2D eigenvalue weighted by molar-refractivity contribution is 7.14. The Morgan fingerprint density at radius 3 is 2.95 bits per heavy atom. The van der Waals surface area contributed by atoms with Crippen LogP contribution in [-0.2, 0) is 6.54 Å². The number of fused-ring (bicyclic) bond motifs is 1. The predicted molar refractivity (Wildman–Crippen MR) is 74.8 cm³/mol. The summed E-state index contributed by atoms with van der Waals surface area (Å²) in [6.45, 7) is 2.34. The van der Waals surface area contributed by atoms with Crippen LogP contribution in [0.15, 0.2) is 29.3 Å². The highest BCUT2D eigenvalue weighted by Crippen LogP contribution is 2.25. The minimum atomic E-state index is -0.199. The summed E-state index contributed by atoms with van der Waals surface area (Å²) in [4.78, 5) is 29.8. The molecule has 2 heterocycles. The number of thiazole rings is 1. The highest BCUT2D eigenvalue weighted by atomic mass is 32.1. The van der Waals surface area contributed by atoms with Crippen LogP contribution in [0.5, 0.6) is 0 Å². The van der Waals surface area contributed by atoms with Crippen LogP contribution in [0.3, 0.4) is 0 Å². The average molecular weight is 290 g/mol. The van der Waals surface area contributed by atoms with Crippen molar-refractivity contribution >= 4 is 34.2 Å². The van der Waals surface area contributed by atoms with Crippen molar-refractivity contribution in [3.8, 4) is 0 Å². The number of Topliss-reactive ketones (excluding diaryl/α,β-unsaturated/α-hetero) is 1. The van der Waals surface area contributed by atoms with Gasteiger partial charge in [-0.1, -0.05) is 6.07 Å². The van der Waals surface area contributed by atoms with Gasteiger partial charge in [-0.15, -0.1) is 22.7 Å². The van der Waals surface area contributed by atoms with E-state index in [-0.39, 0.29) is 17.3 Å². The molecule has 6 heteroatoms. The third-order valence-electron chi connectivity index (χ3n) is 2.73. The predicted octanol–water partition coefficient (Wildman–Crippen LogP) is 2.57. The molecule has 0 radical (unpaired) electrons. The SMILES string of the molecule is Cc1nc2c(s1)C(=O)C=C(NCc1cccs1)C2=O. The molecule has 0 saturated heterocycles. The zero-order valence-corrected chi connectivity index (χ0v) is 11.7. The third-order valence-corrected chi connectivity index (χ3v) is 4.59. The summed E-state index contributed by atoms with van der Waals surface area (Å²) in [6, 6.07) is 3.93. The molecule has 2 aromatic heterocycles. The molecule has 1 aliphatic rings. The van der Waals surface area contributed by atoms with E-state index in [1.165, 1.54) is 17.4 Å². The molecule has 1 N–H and O–H groups in total. The quantitative estimate of drug-likeness (QED) is 0.944. The van der Waals surface area contributed by atoms with Crippen molar-refractivity contribution in [3.63, 3.8) is 0 Å². The van der Waals surface area contributed by atoms with Crippen molar-refractivity contribution < 1.29 is 9.59 Å². The summed E-state index contributed by atoms with van der Waals surface area (Å²) in [5, 5.41) is 5.73. The fourth-order valence-corrected chi connectivity index (χ4v) is 3.34. The number of aryl methyl sites for hydroxylation is 1. The molecule has 2 aromatic rings. The van der Waals surface area contributed by atoms with E-state index in [2.05, 4.69) is 10.3 Å². The molecular weight excluding hydrogens is 280 g/mol. The number of aromatic nitrogens is 1. The molecule has 0 fully saturated rings. The summed E-state index contributed by atoms with van der Waals surface area (Å²) in [7, 11) is 0. The fraction of sp³-hybridized carbons (Fsp3) is 0.154. The molecule has 96 valence electrons. The first-order chi connectivity index (χ1) is 9.15. The molecule has 4 nitrogen and oxygen atoms in total. The summed E-state index contributed by atoms with van der Waals surface area (Å²) in [6.07, 6.45) is 1.37. The Hall–Kier alpha value is -1.79. The van der Waals surface area contributed by atoms with E-state index in [0.717, 1.165) is 9.88 Å². The largest absolute Gasteiger partial charge is 0.377 e. The highest BCUT2D eigenvalue weighted by Gasteiger charge is 2.29. The summed E-state index contributed by atoms with van der Waals surface area (Å²) in [5.74, 6) is -0.343. The first kappa shape index (κ1) is 12.3. The maximum absolute atomic E-state index is 12.2. The number of carbonyl (C=O) groups is 2. The second-order valence-corrected chi connectivity index (χ2v) is 6.33. The number of nitrogens with one attached hydrogen (secondary N) is 1. The van der Waals surface area contributed by atoms with Crippen molar-refractivity contribution in [2.24, 2.45) is 0 Å². The second-order valence-electron chi connectivity index (χ2n) is 4.09. The molecule has 0 spiro atoms. The van der Waals surface area contributed by atoms with Gasteiger partial charge in [0.25, 0.3) is 0 Å². The molecule has 1 aliphatic carbocycles. The van der Waals surface area contributed by atoms with E-state index in [1.807, 2.05) is 17.5 Å². The number of thiophene rings is 1. The number of hydrogen-bond donors (Lipinski definition) is 1. The first-order valence-corrected chi connectivity index (χ1v) is 7.39. The zero-order valence-electron chi connectivity index (χ0n) is 10.1. The van der Waals surface area contributed by atoms with Crippen molar-refractivity contribution in [1.82, 2.24) is 10.3 Å². The normalized spacial score (nSPS) is 14.3. The zero-order chi connectivity index (χ0) is 13.4. The smallest absolute Gasteiger partial charge is 0.228 e. The van der Waals surface area contributed by atoms with Crippen LogP contribution in [0.1, 0.15) is 30.0 Å². The lowest BCUT2D eigenvalue weighted by atomic mass is 10.0.